The zero-order valence-corrected chi connectivity index (χ0v) is 16.7. The summed E-state index contributed by atoms with van der Waals surface area (Å²) in [7, 11) is 0. The zero-order chi connectivity index (χ0) is 20.6. The minimum absolute atomic E-state index is 0.0262. The van der Waals surface area contributed by atoms with Gasteiger partial charge in [0.2, 0.25) is 0 Å². The number of rotatable bonds is 9. The molecule has 29 heavy (non-hydrogen) atoms. The van der Waals surface area contributed by atoms with Crippen LogP contribution in [0.1, 0.15) is 40.9 Å². The van der Waals surface area contributed by atoms with E-state index in [-0.39, 0.29) is 18.0 Å². The molecule has 0 saturated carbocycles. The van der Waals surface area contributed by atoms with Gasteiger partial charge in [-0.15, -0.1) is 0 Å². The normalized spacial score (nSPS) is 10.4. The summed E-state index contributed by atoms with van der Waals surface area (Å²) in [5.74, 6) is 0.835. The molecule has 0 radical (unpaired) electrons. The monoisotopic (exact) mass is 390 g/mol. The van der Waals surface area contributed by atoms with Crippen molar-refractivity contribution in [2.24, 2.45) is 0 Å². The van der Waals surface area contributed by atoms with Crippen molar-refractivity contribution in [2.75, 3.05) is 0 Å². The predicted octanol–water partition coefficient (Wildman–Crippen LogP) is 5.18. The van der Waals surface area contributed by atoms with Crippen molar-refractivity contribution < 1.29 is 19.1 Å². The number of carbonyl (C=O) groups is 2. The van der Waals surface area contributed by atoms with Crippen molar-refractivity contribution in [2.45, 2.75) is 33.5 Å². The Bertz CT molecular complexity index is 978. The van der Waals surface area contributed by atoms with Crippen LogP contribution in [0.4, 0.5) is 0 Å². The van der Waals surface area contributed by atoms with Gasteiger partial charge in [-0.25, -0.2) is 0 Å². The van der Waals surface area contributed by atoms with Gasteiger partial charge in [-0.2, -0.15) is 0 Å². The topological polar surface area (TPSA) is 52.6 Å². The van der Waals surface area contributed by atoms with E-state index in [4.69, 9.17) is 9.47 Å². The lowest BCUT2D eigenvalue weighted by molar-refractivity contribution is -0.116. The van der Waals surface area contributed by atoms with Gasteiger partial charge in [0.1, 0.15) is 30.5 Å². The summed E-state index contributed by atoms with van der Waals surface area (Å²) in [5, 5.41) is 0. The van der Waals surface area contributed by atoms with Crippen molar-refractivity contribution in [3.8, 4) is 11.5 Å². The number of hydrogen-bond acceptors (Lipinski definition) is 4. The van der Waals surface area contributed by atoms with Crippen molar-refractivity contribution >= 4 is 11.6 Å². The molecule has 0 bridgehead atoms. The fourth-order valence-corrected chi connectivity index (χ4v) is 3.13. The highest BCUT2D eigenvalue weighted by Gasteiger charge is 2.18. The van der Waals surface area contributed by atoms with Gasteiger partial charge >= 0.3 is 0 Å². The summed E-state index contributed by atoms with van der Waals surface area (Å²) >= 11 is 0. The molecule has 0 unspecified atom stereocenters. The highest BCUT2D eigenvalue weighted by atomic mass is 16.5. The number of benzene rings is 3. The summed E-state index contributed by atoms with van der Waals surface area (Å²) in [6, 6.07) is 23.0. The molecule has 148 valence electrons. The molecule has 0 heterocycles. The van der Waals surface area contributed by atoms with Crippen molar-refractivity contribution in [1.82, 2.24) is 0 Å². The molecule has 0 aliphatic carbocycles. The zero-order valence-electron chi connectivity index (χ0n) is 16.7. The minimum atomic E-state index is -0.140. The summed E-state index contributed by atoms with van der Waals surface area (Å²) in [5.41, 5.74) is 3.08. The predicted molar refractivity (Wildman–Crippen MR) is 112 cm³/mol. The maximum atomic E-state index is 12.3. The Labute approximate surface area is 171 Å². The third-order valence-electron chi connectivity index (χ3n) is 4.43. The van der Waals surface area contributed by atoms with Crippen LogP contribution in [0.25, 0.3) is 0 Å². The first kappa shape index (κ1) is 20.3. The summed E-state index contributed by atoms with van der Waals surface area (Å²) < 4.78 is 11.9. The second kappa shape index (κ2) is 9.69. The summed E-state index contributed by atoms with van der Waals surface area (Å²) in [6.07, 6.45) is 0.152. The lowest BCUT2D eigenvalue weighted by Gasteiger charge is -2.16. The quantitative estimate of drug-likeness (QED) is 0.473. The first-order valence-electron chi connectivity index (χ1n) is 9.53. The smallest absolute Gasteiger partial charge is 0.163 e. The fraction of sp³-hybridized carbons (Fsp3) is 0.200. The first-order valence-corrected chi connectivity index (χ1v) is 9.53. The van der Waals surface area contributed by atoms with E-state index in [1.165, 1.54) is 13.8 Å². The van der Waals surface area contributed by atoms with Gasteiger partial charge in [-0.1, -0.05) is 60.7 Å². The van der Waals surface area contributed by atoms with Gasteiger partial charge in [0.25, 0.3) is 0 Å². The Morgan fingerprint density at radius 3 is 1.93 bits per heavy atom. The van der Waals surface area contributed by atoms with Crippen LogP contribution < -0.4 is 9.47 Å². The van der Waals surface area contributed by atoms with E-state index >= 15 is 0 Å². The van der Waals surface area contributed by atoms with Crippen LogP contribution in [-0.2, 0) is 24.4 Å². The molecule has 0 amide bonds. The maximum absolute atomic E-state index is 12.3. The molecule has 4 heteroatoms. The lowest BCUT2D eigenvalue weighted by Crippen LogP contribution is -2.09. The molecule has 0 N–H and O–H groups in total. The minimum Gasteiger partial charge on any atom is -0.489 e. The highest BCUT2D eigenvalue weighted by molar-refractivity contribution is 5.99. The molecular weight excluding hydrogens is 366 g/mol. The highest BCUT2D eigenvalue weighted by Crippen LogP contribution is 2.31. The molecule has 0 fully saturated rings. The molecule has 0 aliphatic rings. The molecule has 0 spiro atoms. The molecule has 0 atom stereocenters. The van der Waals surface area contributed by atoms with Crippen molar-refractivity contribution in [3.05, 3.63) is 95.1 Å². The third-order valence-corrected chi connectivity index (χ3v) is 4.43. The van der Waals surface area contributed by atoms with Crippen LogP contribution in [0.15, 0.2) is 72.8 Å². The van der Waals surface area contributed by atoms with E-state index in [0.29, 0.717) is 35.8 Å². The molecule has 0 aromatic heterocycles. The summed E-state index contributed by atoms with van der Waals surface area (Å²) in [4.78, 5) is 24.1. The number of hydrogen-bond donors (Lipinski definition) is 0. The van der Waals surface area contributed by atoms with Crippen LogP contribution in [-0.4, -0.2) is 11.6 Å². The average Bonchev–Trinajstić information content (AvgIpc) is 2.71. The Morgan fingerprint density at radius 1 is 0.862 bits per heavy atom. The largest absolute Gasteiger partial charge is 0.489 e. The van der Waals surface area contributed by atoms with Crippen molar-refractivity contribution in [3.63, 3.8) is 0 Å². The Morgan fingerprint density at radius 2 is 1.41 bits per heavy atom. The van der Waals surface area contributed by atoms with Crippen LogP contribution >= 0.6 is 0 Å². The van der Waals surface area contributed by atoms with Gasteiger partial charge in [0, 0.05) is 12.5 Å². The Hall–Kier alpha value is -3.40. The van der Waals surface area contributed by atoms with Gasteiger partial charge < -0.3 is 9.47 Å². The molecule has 3 aromatic carbocycles. The van der Waals surface area contributed by atoms with Crippen LogP contribution in [0.3, 0.4) is 0 Å². The van der Waals surface area contributed by atoms with E-state index < -0.39 is 0 Å². The Balaban J connectivity index is 1.91. The van der Waals surface area contributed by atoms with Crippen LogP contribution in [0, 0.1) is 0 Å². The lowest BCUT2D eigenvalue weighted by atomic mass is 10.1. The molecule has 0 aliphatic heterocycles. The molecule has 3 rings (SSSR count). The SMILES string of the molecule is CC(=O)Cc1cc(OCc2ccccc2)cc(OCc2ccccc2)c1[14C](C)=O. The third kappa shape index (κ3) is 5.79. The van der Waals surface area contributed by atoms with E-state index in [1.807, 2.05) is 60.7 Å². The van der Waals surface area contributed by atoms with Crippen LogP contribution in [0.5, 0.6) is 11.5 Å². The Kier molecular flexibility index (Phi) is 6.80. The van der Waals surface area contributed by atoms with E-state index in [9.17, 15) is 9.59 Å². The van der Waals surface area contributed by atoms with Crippen molar-refractivity contribution in [1.29, 1.82) is 0 Å². The van der Waals surface area contributed by atoms with Gasteiger partial charge in [-0.05, 0) is 36.6 Å². The first-order chi connectivity index (χ1) is 14.0. The molecule has 3 aromatic rings. The number of ketones is 2. The fourth-order valence-electron chi connectivity index (χ4n) is 3.13. The van der Waals surface area contributed by atoms with Gasteiger partial charge in [-0.3, -0.25) is 9.59 Å². The van der Waals surface area contributed by atoms with E-state index in [0.717, 1.165) is 11.1 Å². The molecular formula is C25H24O4. The number of Topliss-reactive ketones (excluding diaryl/α,β-unsaturated/α-hetero) is 2. The average molecular weight is 390 g/mol. The molecule has 4 nitrogen and oxygen atoms in total. The van der Waals surface area contributed by atoms with E-state index in [1.54, 1.807) is 12.1 Å². The molecule has 0 saturated heterocycles. The maximum Gasteiger partial charge on any atom is 0.163 e. The second-order valence-electron chi connectivity index (χ2n) is 6.94. The van der Waals surface area contributed by atoms with Gasteiger partial charge in [0.15, 0.2) is 5.78 Å². The number of carbonyl (C=O) groups excluding carboxylic acids is 2. The number of ether oxygens (including phenoxy) is 2. The van der Waals surface area contributed by atoms with Gasteiger partial charge in [0.05, 0.1) is 5.56 Å². The standard InChI is InChI=1S/C25H24O4/c1-18(26)13-22-14-23(28-16-20-9-5-3-6-10-20)15-24(25(22)19(2)27)29-17-21-11-7-4-8-12-21/h3-12,14-15H,13,16-17H2,1-2H3/i19+2. The van der Waals surface area contributed by atoms with E-state index in [2.05, 4.69) is 0 Å². The summed E-state index contributed by atoms with van der Waals surface area (Å²) in [6.45, 7) is 3.70. The van der Waals surface area contributed by atoms with Crippen LogP contribution in [0.2, 0.25) is 0 Å². The second-order valence-corrected chi connectivity index (χ2v) is 6.94.